The Morgan fingerprint density at radius 1 is 1.42 bits per heavy atom. The molecule has 0 amide bonds. The van der Waals surface area contributed by atoms with Gasteiger partial charge in [-0.3, -0.25) is 10.00 Å². The fourth-order valence-corrected chi connectivity index (χ4v) is 2.46. The van der Waals surface area contributed by atoms with Crippen molar-refractivity contribution in [2.24, 2.45) is 7.05 Å². The summed E-state index contributed by atoms with van der Waals surface area (Å²) < 4.78 is 25.5. The number of methoxy groups -OCH3 is 2. The Labute approximate surface area is 144 Å². The number of carbonyl (C=O) groups excluding carboxylic acids is 1. The molecule has 24 heavy (non-hydrogen) atoms. The highest BCUT2D eigenvalue weighted by atomic mass is 35.5. The van der Waals surface area contributed by atoms with E-state index in [-0.39, 0.29) is 11.1 Å². The topological polar surface area (TPSA) is 65.4 Å². The van der Waals surface area contributed by atoms with E-state index >= 15 is 0 Å². The van der Waals surface area contributed by atoms with Gasteiger partial charge in [-0.25, -0.2) is 9.18 Å². The van der Waals surface area contributed by atoms with Gasteiger partial charge in [-0.15, -0.1) is 0 Å². The molecule has 1 aromatic heterocycles. The van der Waals surface area contributed by atoms with Crippen LogP contribution in [0.3, 0.4) is 0 Å². The summed E-state index contributed by atoms with van der Waals surface area (Å²) in [6.45, 7) is 0.301. The number of nitrogens with one attached hydrogen (secondary N) is 1. The highest BCUT2D eigenvalue weighted by molar-refractivity contribution is 6.30. The lowest BCUT2D eigenvalue weighted by atomic mass is 10.0. The second-order valence-electron chi connectivity index (χ2n) is 5.25. The molecular weight excluding hydrogens is 337 g/mol. The quantitative estimate of drug-likeness (QED) is 0.773. The zero-order valence-corrected chi connectivity index (χ0v) is 14.4. The summed E-state index contributed by atoms with van der Waals surface area (Å²) in [5.41, 5.74) is 1.25. The summed E-state index contributed by atoms with van der Waals surface area (Å²) >= 11 is 5.71. The summed E-state index contributed by atoms with van der Waals surface area (Å²) in [7, 11) is 4.62. The summed E-state index contributed by atoms with van der Waals surface area (Å²) in [5.74, 6) is -1.14. The molecule has 2 unspecified atom stereocenters. The Bertz CT molecular complexity index is 708. The number of aryl methyl sites for hydroxylation is 1. The number of ether oxygens (including phenoxy) is 2. The molecule has 0 spiro atoms. The summed E-state index contributed by atoms with van der Waals surface area (Å²) in [6, 6.07) is 2.99. The average Bonchev–Trinajstić information content (AvgIpc) is 3.00. The summed E-state index contributed by atoms with van der Waals surface area (Å²) in [5, 5.41) is 7.24. The predicted molar refractivity (Wildman–Crippen MR) is 87.1 cm³/mol. The van der Waals surface area contributed by atoms with E-state index < -0.39 is 17.8 Å². The molecule has 8 heteroatoms. The van der Waals surface area contributed by atoms with Gasteiger partial charge in [0.2, 0.25) is 0 Å². The number of nitrogens with zero attached hydrogens (tertiary/aromatic N) is 2. The Hall–Kier alpha value is -1.96. The molecule has 130 valence electrons. The number of carbonyl (C=O) groups is 1. The van der Waals surface area contributed by atoms with Crippen LogP contribution in [0.1, 0.15) is 23.2 Å². The standard InChI is InChI=1S/C16H19ClFN3O3/c1-21-8-11(7-19-21)14(9-23-2)20-15(16(22)24-3)10-4-5-12(17)13(18)6-10/h4-8,14-15,20H,9H2,1-3H3. The van der Waals surface area contributed by atoms with Crippen molar-refractivity contribution < 1.29 is 18.7 Å². The number of halogens is 2. The molecule has 2 rings (SSSR count). The monoisotopic (exact) mass is 355 g/mol. The molecule has 6 nitrogen and oxygen atoms in total. The molecule has 0 aliphatic rings. The fraction of sp³-hybridized carbons (Fsp3) is 0.375. The van der Waals surface area contributed by atoms with Crippen LogP contribution in [-0.4, -0.2) is 36.6 Å². The molecule has 0 saturated heterocycles. The van der Waals surface area contributed by atoms with Crippen molar-refractivity contribution >= 4 is 17.6 Å². The van der Waals surface area contributed by atoms with Crippen LogP contribution in [-0.2, 0) is 21.3 Å². The first kappa shape index (κ1) is 18.4. The van der Waals surface area contributed by atoms with Gasteiger partial charge in [-0.1, -0.05) is 17.7 Å². The molecule has 2 aromatic rings. The molecule has 0 aliphatic carbocycles. The Morgan fingerprint density at radius 2 is 2.17 bits per heavy atom. The van der Waals surface area contributed by atoms with Gasteiger partial charge < -0.3 is 9.47 Å². The van der Waals surface area contributed by atoms with Crippen molar-refractivity contribution in [3.05, 3.63) is 52.6 Å². The zero-order valence-electron chi connectivity index (χ0n) is 13.6. The number of hydrogen-bond donors (Lipinski definition) is 1. The first-order chi connectivity index (χ1) is 11.5. The zero-order chi connectivity index (χ0) is 17.7. The lowest BCUT2D eigenvalue weighted by Gasteiger charge is -2.23. The molecule has 0 bridgehead atoms. The molecule has 1 N–H and O–H groups in total. The molecule has 0 aliphatic heterocycles. The third kappa shape index (κ3) is 4.31. The maximum atomic E-state index is 13.8. The number of rotatable bonds is 7. The van der Waals surface area contributed by atoms with Gasteiger partial charge in [0.05, 0.1) is 31.0 Å². The Kier molecular flexibility index (Phi) is 6.30. The van der Waals surface area contributed by atoms with Crippen molar-refractivity contribution in [2.75, 3.05) is 20.8 Å². The number of hydrogen-bond acceptors (Lipinski definition) is 5. The normalized spacial score (nSPS) is 13.5. The second kappa shape index (κ2) is 8.23. The van der Waals surface area contributed by atoms with E-state index in [9.17, 15) is 9.18 Å². The maximum Gasteiger partial charge on any atom is 0.327 e. The van der Waals surface area contributed by atoms with Crippen LogP contribution in [0.4, 0.5) is 4.39 Å². The SMILES string of the molecule is COCC(NC(C(=O)OC)c1ccc(Cl)c(F)c1)c1cnn(C)c1. The summed E-state index contributed by atoms with van der Waals surface area (Å²) in [6.07, 6.45) is 3.49. The first-order valence-electron chi connectivity index (χ1n) is 7.22. The predicted octanol–water partition coefficient (Wildman–Crippen LogP) is 2.40. The van der Waals surface area contributed by atoms with E-state index in [2.05, 4.69) is 10.4 Å². The smallest absolute Gasteiger partial charge is 0.327 e. The van der Waals surface area contributed by atoms with Crippen molar-refractivity contribution in [1.29, 1.82) is 0 Å². The van der Waals surface area contributed by atoms with Gasteiger partial charge in [0.1, 0.15) is 11.9 Å². The van der Waals surface area contributed by atoms with Crippen LogP contribution < -0.4 is 5.32 Å². The van der Waals surface area contributed by atoms with Gasteiger partial charge >= 0.3 is 5.97 Å². The lowest BCUT2D eigenvalue weighted by Crippen LogP contribution is -2.35. The van der Waals surface area contributed by atoms with E-state index in [1.807, 2.05) is 6.20 Å². The molecular formula is C16H19ClFN3O3. The number of esters is 1. The van der Waals surface area contributed by atoms with E-state index in [1.165, 1.54) is 19.2 Å². The molecule has 0 radical (unpaired) electrons. The second-order valence-corrected chi connectivity index (χ2v) is 5.66. The third-order valence-corrected chi connectivity index (χ3v) is 3.85. The van der Waals surface area contributed by atoms with Gasteiger partial charge in [-0.05, 0) is 17.7 Å². The fourth-order valence-electron chi connectivity index (χ4n) is 2.34. The van der Waals surface area contributed by atoms with Gasteiger partial charge in [0, 0.05) is 25.9 Å². The van der Waals surface area contributed by atoms with Crippen molar-refractivity contribution in [2.45, 2.75) is 12.1 Å². The molecule has 0 saturated carbocycles. The van der Waals surface area contributed by atoms with Crippen LogP contribution in [0, 0.1) is 5.82 Å². The maximum absolute atomic E-state index is 13.8. The van der Waals surface area contributed by atoms with Gasteiger partial charge in [-0.2, -0.15) is 5.10 Å². The van der Waals surface area contributed by atoms with Crippen LogP contribution in [0.25, 0.3) is 0 Å². The molecule has 2 atom stereocenters. The van der Waals surface area contributed by atoms with Crippen molar-refractivity contribution in [1.82, 2.24) is 15.1 Å². The molecule has 1 heterocycles. The van der Waals surface area contributed by atoms with E-state index in [1.54, 1.807) is 31.1 Å². The van der Waals surface area contributed by atoms with E-state index in [4.69, 9.17) is 21.1 Å². The van der Waals surface area contributed by atoms with E-state index in [0.717, 1.165) is 5.56 Å². The Morgan fingerprint density at radius 3 is 2.71 bits per heavy atom. The van der Waals surface area contributed by atoms with Crippen LogP contribution >= 0.6 is 11.6 Å². The minimum atomic E-state index is -0.873. The van der Waals surface area contributed by atoms with Crippen molar-refractivity contribution in [3.8, 4) is 0 Å². The third-order valence-electron chi connectivity index (χ3n) is 3.54. The largest absolute Gasteiger partial charge is 0.468 e. The van der Waals surface area contributed by atoms with Gasteiger partial charge in [0.25, 0.3) is 0 Å². The average molecular weight is 356 g/mol. The number of benzene rings is 1. The number of aromatic nitrogens is 2. The minimum Gasteiger partial charge on any atom is -0.468 e. The highest BCUT2D eigenvalue weighted by Gasteiger charge is 2.27. The molecule has 1 aromatic carbocycles. The van der Waals surface area contributed by atoms with E-state index in [0.29, 0.717) is 12.2 Å². The first-order valence-corrected chi connectivity index (χ1v) is 7.60. The minimum absolute atomic E-state index is 0.0110. The van der Waals surface area contributed by atoms with Crippen molar-refractivity contribution in [3.63, 3.8) is 0 Å². The van der Waals surface area contributed by atoms with Gasteiger partial charge in [0.15, 0.2) is 0 Å². The highest BCUT2D eigenvalue weighted by Crippen LogP contribution is 2.24. The lowest BCUT2D eigenvalue weighted by molar-refractivity contribution is -0.143. The van der Waals surface area contributed by atoms with Crippen LogP contribution in [0.2, 0.25) is 5.02 Å². The summed E-state index contributed by atoms with van der Waals surface area (Å²) in [4.78, 5) is 12.2. The van der Waals surface area contributed by atoms with Crippen LogP contribution in [0.15, 0.2) is 30.6 Å². The van der Waals surface area contributed by atoms with Crippen LogP contribution in [0.5, 0.6) is 0 Å². The Balaban J connectivity index is 2.32. The molecule has 0 fully saturated rings.